The van der Waals surface area contributed by atoms with Crippen molar-refractivity contribution in [3.63, 3.8) is 0 Å². The fourth-order valence-electron chi connectivity index (χ4n) is 3.74. The molecule has 2 aliphatic heterocycles. The van der Waals surface area contributed by atoms with Gasteiger partial charge in [0.25, 0.3) is 5.56 Å². The molecule has 4 heteroatoms. The van der Waals surface area contributed by atoms with E-state index >= 15 is 0 Å². The van der Waals surface area contributed by atoms with Crippen LogP contribution in [0, 0.1) is 12.8 Å². The van der Waals surface area contributed by atoms with Crippen LogP contribution >= 0.6 is 11.6 Å². The Balaban J connectivity index is 1.84. The Morgan fingerprint density at radius 2 is 2.05 bits per heavy atom. The Hall–Kier alpha value is -1.58. The van der Waals surface area contributed by atoms with Crippen molar-refractivity contribution in [1.29, 1.82) is 0 Å². The molecule has 2 atom stereocenters. The topological polar surface area (TPSA) is 34.0 Å². The summed E-state index contributed by atoms with van der Waals surface area (Å²) in [5, 5.41) is 4.23. The second-order valence-corrected chi connectivity index (χ2v) is 6.95. The van der Waals surface area contributed by atoms with E-state index in [1.54, 1.807) is 6.07 Å². The number of halogens is 1. The van der Waals surface area contributed by atoms with Gasteiger partial charge in [-0.1, -0.05) is 23.7 Å². The fraction of sp³-hybridized carbons (Fsp3) is 0.389. The molecule has 1 saturated heterocycles. The molecular weight excluding hydrogens is 296 g/mol. The molecule has 0 unspecified atom stereocenters. The van der Waals surface area contributed by atoms with Gasteiger partial charge in [-0.05, 0) is 54.6 Å². The molecular formula is C18H19ClN2O. The number of pyridine rings is 1. The van der Waals surface area contributed by atoms with Crippen LogP contribution in [0.5, 0.6) is 0 Å². The van der Waals surface area contributed by atoms with E-state index in [0.29, 0.717) is 11.8 Å². The van der Waals surface area contributed by atoms with Crippen molar-refractivity contribution in [2.45, 2.75) is 25.8 Å². The molecule has 0 saturated carbocycles. The third kappa shape index (κ3) is 2.29. The van der Waals surface area contributed by atoms with Crippen molar-refractivity contribution >= 4 is 11.6 Å². The first-order valence-corrected chi connectivity index (χ1v) is 8.21. The zero-order valence-corrected chi connectivity index (χ0v) is 13.4. The number of rotatable bonds is 1. The van der Waals surface area contributed by atoms with E-state index in [4.69, 9.17) is 11.6 Å². The van der Waals surface area contributed by atoms with Crippen molar-refractivity contribution in [2.75, 3.05) is 13.1 Å². The number of fused-ring (bicyclic) bond motifs is 4. The molecule has 0 radical (unpaired) electrons. The molecule has 2 aliphatic rings. The maximum atomic E-state index is 12.6. The molecule has 1 aromatic heterocycles. The van der Waals surface area contributed by atoms with E-state index < -0.39 is 0 Å². The average Bonchev–Trinajstić information content (AvgIpc) is 2.51. The average molecular weight is 315 g/mol. The Morgan fingerprint density at radius 3 is 2.86 bits per heavy atom. The van der Waals surface area contributed by atoms with E-state index in [1.165, 1.54) is 12.1 Å². The Bertz CT molecular complexity index is 796. The van der Waals surface area contributed by atoms with Crippen LogP contribution in [0.1, 0.15) is 23.6 Å². The van der Waals surface area contributed by atoms with Gasteiger partial charge in [-0.2, -0.15) is 0 Å². The summed E-state index contributed by atoms with van der Waals surface area (Å²) in [5.74, 6) is 1.03. The quantitative estimate of drug-likeness (QED) is 0.877. The molecule has 3 nitrogen and oxygen atoms in total. The largest absolute Gasteiger partial charge is 0.316 e. The van der Waals surface area contributed by atoms with E-state index in [1.807, 2.05) is 29.7 Å². The van der Waals surface area contributed by atoms with Gasteiger partial charge in [0.05, 0.1) is 0 Å². The third-order valence-corrected chi connectivity index (χ3v) is 5.37. The second kappa shape index (κ2) is 5.25. The number of aryl methyl sites for hydroxylation is 1. The van der Waals surface area contributed by atoms with Gasteiger partial charge in [0.15, 0.2) is 0 Å². The summed E-state index contributed by atoms with van der Waals surface area (Å²) in [4.78, 5) is 12.6. The Labute approximate surface area is 134 Å². The van der Waals surface area contributed by atoms with Gasteiger partial charge in [-0.15, -0.1) is 0 Å². The van der Waals surface area contributed by atoms with Crippen molar-refractivity contribution in [3.05, 3.63) is 57.0 Å². The third-order valence-electron chi connectivity index (χ3n) is 4.97. The zero-order valence-electron chi connectivity index (χ0n) is 12.6. The minimum Gasteiger partial charge on any atom is -0.316 e. The summed E-state index contributed by atoms with van der Waals surface area (Å²) in [6, 6.07) is 9.92. The predicted molar refractivity (Wildman–Crippen MR) is 89.6 cm³/mol. The first-order valence-electron chi connectivity index (χ1n) is 7.84. The second-order valence-electron chi connectivity index (χ2n) is 6.54. The highest BCUT2D eigenvalue weighted by Gasteiger charge is 2.31. The molecule has 3 heterocycles. The summed E-state index contributed by atoms with van der Waals surface area (Å²) in [6.45, 7) is 4.82. The molecule has 1 fully saturated rings. The van der Waals surface area contributed by atoms with Gasteiger partial charge in [-0.3, -0.25) is 4.79 Å². The van der Waals surface area contributed by atoms with Crippen LogP contribution in [0.15, 0.2) is 35.1 Å². The van der Waals surface area contributed by atoms with Gasteiger partial charge < -0.3 is 9.88 Å². The maximum absolute atomic E-state index is 12.6. The highest BCUT2D eigenvalue weighted by Crippen LogP contribution is 2.34. The van der Waals surface area contributed by atoms with Gasteiger partial charge in [0.1, 0.15) is 0 Å². The molecule has 4 rings (SSSR count). The van der Waals surface area contributed by atoms with Gasteiger partial charge in [0.2, 0.25) is 0 Å². The van der Waals surface area contributed by atoms with Crippen LogP contribution in [0.3, 0.4) is 0 Å². The molecule has 1 aromatic carbocycles. The van der Waals surface area contributed by atoms with Crippen LogP contribution in [0.25, 0.3) is 11.1 Å². The van der Waals surface area contributed by atoms with Gasteiger partial charge in [0, 0.05) is 35.8 Å². The van der Waals surface area contributed by atoms with Gasteiger partial charge in [-0.25, -0.2) is 0 Å². The van der Waals surface area contributed by atoms with E-state index in [2.05, 4.69) is 11.4 Å². The predicted octanol–water partition coefficient (Wildman–Crippen LogP) is 3.18. The Kier molecular flexibility index (Phi) is 3.35. The number of hydrogen-bond donors (Lipinski definition) is 1. The first-order chi connectivity index (χ1) is 10.6. The summed E-state index contributed by atoms with van der Waals surface area (Å²) in [6.07, 6.45) is 1.19. The summed E-state index contributed by atoms with van der Waals surface area (Å²) >= 11 is 6.24. The molecule has 0 aliphatic carbocycles. The lowest BCUT2D eigenvalue weighted by molar-refractivity contribution is 0.257. The fourth-order valence-corrected chi connectivity index (χ4v) is 3.92. The number of aromatic nitrogens is 1. The van der Waals surface area contributed by atoms with Crippen molar-refractivity contribution in [2.24, 2.45) is 5.92 Å². The highest BCUT2D eigenvalue weighted by atomic mass is 35.5. The first kappa shape index (κ1) is 14.0. The molecule has 22 heavy (non-hydrogen) atoms. The minimum absolute atomic E-state index is 0.112. The molecule has 2 aromatic rings. The van der Waals surface area contributed by atoms with Gasteiger partial charge >= 0.3 is 0 Å². The standard InChI is InChI=1S/C18H19ClN2O/c1-11-2-3-13(5-16(11)19)14-6-17-15-4-12(8-20-9-15)10-21(17)18(22)7-14/h2-3,5-7,12,15,20H,4,8-10H2,1H3/t12-,15+/m0/s1. The van der Waals surface area contributed by atoms with Crippen molar-refractivity contribution < 1.29 is 0 Å². The minimum atomic E-state index is 0.112. The monoisotopic (exact) mass is 314 g/mol. The highest BCUT2D eigenvalue weighted by molar-refractivity contribution is 6.31. The molecule has 2 bridgehead atoms. The number of nitrogens with zero attached hydrogens (tertiary/aromatic N) is 1. The van der Waals surface area contributed by atoms with Crippen LogP contribution < -0.4 is 10.9 Å². The van der Waals surface area contributed by atoms with Crippen LogP contribution in [-0.4, -0.2) is 17.7 Å². The number of piperidine rings is 1. The lowest BCUT2D eigenvalue weighted by Gasteiger charge is -2.37. The van der Waals surface area contributed by atoms with Crippen LogP contribution in [0.4, 0.5) is 0 Å². The van der Waals surface area contributed by atoms with Crippen molar-refractivity contribution in [3.8, 4) is 11.1 Å². The zero-order chi connectivity index (χ0) is 15.3. The van der Waals surface area contributed by atoms with Crippen LogP contribution in [-0.2, 0) is 6.54 Å². The SMILES string of the molecule is Cc1ccc(-c2cc3n(c(=O)c2)C[C@@H]2CNC[C@H]3C2)cc1Cl. The van der Waals surface area contributed by atoms with Crippen LogP contribution in [0.2, 0.25) is 5.02 Å². The number of benzene rings is 1. The molecule has 0 amide bonds. The summed E-state index contributed by atoms with van der Waals surface area (Å²) < 4.78 is 1.97. The Morgan fingerprint density at radius 1 is 1.18 bits per heavy atom. The summed E-state index contributed by atoms with van der Waals surface area (Å²) in [5.41, 5.74) is 4.33. The van der Waals surface area contributed by atoms with E-state index in [-0.39, 0.29) is 5.56 Å². The normalized spacial score (nSPS) is 23.2. The van der Waals surface area contributed by atoms with E-state index in [9.17, 15) is 4.79 Å². The van der Waals surface area contributed by atoms with E-state index in [0.717, 1.165) is 41.3 Å². The molecule has 0 spiro atoms. The lowest BCUT2D eigenvalue weighted by Crippen LogP contribution is -2.44. The smallest absolute Gasteiger partial charge is 0.251 e. The number of hydrogen-bond acceptors (Lipinski definition) is 2. The maximum Gasteiger partial charge on any atom is 0.251 e. The summed E-state index contributed by atoms with van der Waals surface area (Å²) in [7, 11) is 0. The number of nitrogens with one attached hydrogen (secondary N) is 1. The lowest BCUT2D eigenvalue weighted by atomic mass is 9.83. The molecule has 114 valence electrons. The molecule has 1 N–H and O–H groups in total. The van der Waals surface area contributed by atoms with Crippen molar-refractivity contribution in [1.82, 2.24) is 9.88 Å².